The molecule has 1 fully saturated rings. The highest BCUT2D eigenvalue weighted by molar-refractivity contribution is 5.62. The van der Waals surface area contributed by atoms with Crippen molar-refractivity contribution in [3.63, 3.8) is 0 Å². The van der Waals surface area contributed by atoms with Crippen LogP contribution in [0.4, 0.5) is 11.4 Å². The van der Waals surface area contributed by atoms with E-state index < -0.39 is 5.60 Å². The highest BCUT2D eigenvalue weighted by Gasteiger charge is 2.38. The number of methoxy groups -OCH3 is 1. The molecular weight excluding hydrogens is 336 g/mol. The van der Waals surface area contributed by atoms with Gasteiger partial charge in [-0.05, 0) is 48.6 Å². The minimum atomic E-state index is -0.589. The van der Waals surface area contributed by atoms with E-state index in [0.717, 1.165) is 32.5 Å². The molecular formula is C23H32N2O2. The number of ether oxygens (including phenoxy) is 1. The zero-order chi connectivity index (χ0) is 19.3. The van der Waals surface area contributed by atoms with Crippen LogP contribution in [-0.2, 0) is 11.3 Å². The van der Waals surface area contributed by atoms with Crippen LogP contribution in [0.1, 0.15) is 25.3 Å². The van der Waals surface area contributed by atoms with Gasteiger partial charge in [-0.3, -0.25) is 4.90 Å². The van der Waals surface area contributed by atoms with Gasteiger partial charge in [-0.2, -0.15) is 0 Å². The minimum absolute atomic E-state index is 0.255. The molecule has 0 amide bonds. The van der Waals surface area contributed by atoms with E-state index in [9.17, 15) is 5.11 Å². The SMILES string of the molecule is COCC[C@]1(O)CCN(Cc2ccc(N(C)c3ccccc3)cc2)C[C@H]1C. The van der Waals surface area contributed by atoms with Gasteiger partial charge in [0.15, 0.2) is 0 Å². The molecule has 0 spiro atoms. The summed E-state index contributed by atoms with van der Waals surface area (Å²) in [5.74, 6) is 0.255. The Morgan fingerprint density at radius 1 is 1.11 bits per heavy atom. The van der Waals surface area contributed by atoms with Gasteiger partial charge in [0.05, 0.1) is 5.60 Å². The van der Waals surface area contributed by atoms with E-state index in [4.69, 9.17) is 4.74 Å². The monoisotopic (exact) mass is 368 g/mol. The molecule has 0 aromatic heterocycles. The second-order valence-corrected chi connectivity index (χ2v) is 7.79. The summed E-state index contributed by atoms with van der Waals surface area (Å²) >= 11 is 0. The van der Waals surface area contributed by atoms with E-state index in [2.05, 4.69) is 72.3 Å². The number of benzene rings is 2. The van der Waals surface area contributed by atoms with Crippen molar-refractivity contribution < 1.29 is 9.84 Å². The Morgan fingerprint density at radius 2 is 1.78 bits per heavy atom. The van der Waals surface area contributed by atoms with E-state index >= 15 is 0 Å². The van der Waals surface area contributed by atoms with Crippen LogP contribution in [0.5, 0.6) is 0 Å². The first-order valence-electron chi connectivity index (χ1n) is 9.83. The van der Waals surface area contributed by atoms with Gasteiger partial charge >= 0.3 is 0 Å². The Morgan fingerprint density at radius 3 is 2.41 bits per heavy atom. The molecule has 146 valence electrons. The van der Waals surface area contributed by atoms with Gasteiger partial charge in [0.2, 0.25) is 0 Å². The zero-order valence-electron chi connectivity index (χ0n) is 16.8. The first-order valence-corrected chi connectivity index (χ1v) is 9.83. The van der Waals surface area contributed by atoms with Crippen molar-refractivity contribution in [3.8, 4) is 0 Å². The Kier molecular flexibility index (Phi) is 6.53. The van der Waals surface area contributed by atoms with Gasteiger partial charge in [-0.25, -0.2) is 0 Å². The minimum Gasteiger partial charge on any atom is -0.389 e. The molecule has 0 saturated carbocycles. The van der Waals surface area contributed by atoms with Crippen LogP contribution in [0.3, 0.4) is 0 Å². The van der Waals surface area contributed by atoms with E-state index in [1.54, 1.807) is 7.11 Å². The summed E-state index contributed by atoms with van der Waals surface area (Å²) in [6.07, 6.45) is 1.53. The third kappa shape index (κ3) is 4.89. The van der Waals surface area contributed by atoms with Crippen LogP contribution in [0.2, 0.25) is 0 Å². The predicted molar refractivity (Wildman–Crippen MR) is 111 cm³/mol. The first kappa shape index (κ1) is 19.9. The van der Waals surface area contributed by atoms with Crippen molar-refractivity contribution in [3.05, 3.63) is 60.2 Å². The third-order valence-corrected chi connectivity index (χ3v) is 5.92. The lowest BCUT2D eigenvalue weighted by Gasteiger charge is -2.43. The van der Waals surface area contributed by atoms with Gasteiger partial charge in [0.25, 0.3) is 0 Å². The Hall–Kier alpha value is -1.88. The molecule has 2 aromatic rings. The Labute approximate surface area is 163 Å². The quantitative estimate of drug-likeness (QED) is 0.799. The van der Waals surface area contributed by atoms with Crippen molar-refractivity contribution in [1.82, 2.24) is 4.90 Å². The molecule has 2 atom stereocenters. The first-order chi connectivity index (χ1) is 13.0. The highest BCUT2D eigenvalue weighted by atomic mass is 16.5. The predicted octanol–water partition coefficient (Wildman–Crippen LogP) is 4.06. The molecule has 27 heavy (non-hydrogen) atoms. The normalized spacial score (nSPS) is 23.3. The smallest absolute Gasteiger partial charge is 0.0719 e. The molecule has 1 aliphatic heterocycles. The summed E-state index contributed by atoms with van der Waals surface area (Å²) in [6.45, 7) is 5.55. The summed E-state index contributed by atoms with van der Waals surface area (Å²) in [6, 6.07) is 19.2. The van der Waals surface area contributed by atoms with Gasteiger partial charge in [0, 0.05) is 51.8 Å². The number of hydrogen-bond acceptors (Lipinski definition) is 4. The van der Waals surface area contributed by atoms with Crippen molar-refractivity contribution in [2.75, 3.05) is 38.8 Å². The van der Waals surface area contributed by atoms with Gasteiger partial charge in [-0.15, -0.1) is 0 Å². The number of nitrogens with zero attached hydrogens (tertiary/aromatic N) is 2. The molecule has 0 bridgehead atoms. The van der Waals surface area contributed by atoms with Crippen LogP contribution in [0.25, 0.3) is 0 Å². The van der Waals surface area contributed by atoms with Crippen molar-refractivity contribution >= 4 is 11.4 Å². The molecule has 0 unspecified atom stereocenters. The van der Waals surface area contributed by atoms with Crippen LogP contribution in [0.15, 0.2) is 54.6 Å². The molecule has 0 radical (unpaired) electrons. The molecule has 1 heterocycles. The maximum atomic E-state index is 10.8. The van der Waals surface area contributed by atoms with Gasteiger partial charge in [-0.1, -0.05) is 37.3 Å². The number of hydrogen-bond donors (Lipinski definition) is 1. The summed E-state index contributed by atoms with van der Waals surface area (Å²) in [5.41, 5.74) is 3.10. The lowest BCUT2D eigenvalue weighted by molar-refractivity contribution is -0.0827. The third-order valence-electron chi connectivity index (χ3n) is 5.92. The molecule has 3 rings (SSSR count). The molecule has 1 N–H and O–H groups in total. The fourth-order valence-corrected chi connectivity index (χ4v) is 3.92. The number of rotatable bonds is 7. The van der Waals surface area contributed by atoms with Crippen molar-refractivity contribution in [2.24, 2.45) is 5.92 Å². The second kappa shape index (κ2) is 8.87. The number of aliphatic hydroxyl groups is 1. The summed E-state index contributed by atoms with van der Waals surface area (Å²) < 4.78 is 5.17. The summed E-state index contributed by atoms with van der Waals surface area (Å²) in [7, 11) is 3.79. The van der Waals surface area contributed by atoms with Gasteiger partial charge in [0.1, 0.15) is 0 Å². The molecule has 2 aromatic carbocycles. The standard InChI is InChI=1S/C23H32N2O2/c1-19-17-25(15-13-23(19,26)14-16-27-3)18-20-9-11-22(12-10-20)24(2)21-7-5-4-6-8-21/h4-12,19,26H,13-18H2,1-3H3/t19-,23-/m1/s1. The Balaban J connectivity index is 1.58. The highest BCUT2D eigenvalue weighted by Crippen LogP contribution is 2.32. The van der Waals surface area contributed by atoms with Crippen molar-refractivity contribution in [2.45, 2.75) is 31.9 Å². The number of para-hydroxylation sites is 1. The zero-order valence-corrected chi connectivity index (χ0v) is 16.8. The number of piperidine rings is 1. The molecule has 1 aliphatic rings. The van der Waals surface area contributed by atoms with E-state index in [1.165, 1.54) is 16.9 Å². The van der Waals surface area contributed by atoms with Crippen LogP contribution >= 0.6 is 0 Å². The average molecular weight is 369 g/mol. The average Bonchev–Trinajstić information content (AvgIpc) is 2.70. The summed E-state index contributed by atoms with van der Waals surface area (Å²) in [4.78, 5) is 4.64. The largest absolute Gasteiger partial charge is 0.389 e. The van der Waals surface area contributed by atoms with Crippen LogP contribution in [-0.4, -0.2) is 49.5 Å². The van der Waals surface area contributed by atoms with E-state index in [0.29, 0.717) is 6.61 Å². The summed E-state index contributed by atoms with van der Waals surface area (Å²) in [5, 5.41) is 10.8. The Bertz CT molecular complexity index is 704. The number of likely N-dealkylation sites (tertiary alicyclic amines) is 1. The lowest BCUT2D eigenvalue weighted by Crippen LogP contribution is -2.51. The van der Waals surface area contributed by atoms with E-state index in [-0.39, 0.29) is 5.92 Å². The van der Waals surface area contributed by atoms with Crippen molar-refractivity contribution in [1.29, 1.82) is 0 Å². The van der Waals surface area contributed by atoms with Crippen LogP contribution in [0, 0.1) is 5.92 Å². The second-order valence-electron chi connectivity index (χ2n) is 7.79. The molecule has 0 aliphatic carbocycles. The fourth-order valence-electron chi connectivity index (χ4n) is 3.92. The van der Waals surface area contributed by atoms with Crippen LogP contribution < -0.4 is 4.90 Å². The fraction of sp³-hybridized carbons (Fsp3) is 0.478. The molecule has 1 saturated heterocycles. The maximum absolute atomic E-state index is 10.8. The van der Waals surface area contributed by atoms with E-state index in [1.807, 2.05) is 6.07 Å². The topological polar surface area (TPSA) is 35.9 Å². The van der Waals surface area contributed by atoms with Gasteiger partial charge < -0.3 is 14.7 Å². The number of anilines is 2. The molecule has 4 nitrogen and oxygen atoms in total. The lowest BCUT2D eigenvalue weighted by atomic mass is 9.80. The maximum Gasteiger partial charge on any atom is 0.0719 e. The molecule has 4 heteroatoms.